The molecule has 8 heteroatoms. The highest BCUT2D eigenvalue weighted by atomic mass is 19.1. The molecule has 0 unspecified atom stereocenters. The minimum Gasteiger partial charge on any atom is -0.507 e. The van der Waals surface area contributed by atoms with Crippen molar-refractivity contribution in [3.05, 3.63) is 53.4 Å². The Hall–Kier alpha value is -3.47. The van der Waals surface area contributed by atoms with Gasteiger partial charge < -0.3 is 10.4 Å². The van der Waals surface area contributed by atoms with E-state index in [-0.39, 0.29) is 34.1 Å². The van der Waals surface area contributed by atoms with Crippen LogP contribution < -0.4 is 10.6 Å². The molecule has 0 atom stereocenters. The van der Waals surface area contributed by atoms with Crippen LogP contribution in [0, 0.1) is 12.4 Å². The molecule has 0 saturated carbocycles. The number of amides is 1. The number of pyridine rings is 1. The number of guanidine groups is 1. The summed E-state index contributed by atoms with van der Waals surface area (Å²) in [5, 5.41) is 15.5. The van der Waals surface area contributed by atoms with Gasteiger partial charge in [0.25, 0.3) is 5.91 Å². The topological polar surface area (TPSA) is 91.0 Å². The van der Waals surface area contributed by atoms with Gasteiger partial charge in [0.2, 0.25) is 0 Å². The van der Waals surface area contributed by atoms with E-state index in [0.29, 0.717) is 13.1 Å². The summed E-state index contributed by atoms with van der Waals surface area (Å²) in [5.41, 5.74) is -0.212. The van der Waals surface area contributed by atoms with Gasteiger partial charge in [-0.05, 0) is 12.1 Å². The molecule has 0 saturated heterocycles. The summed E-state index contributed by atoms with van der Waals surface area (Å²) in [4.78, 5) is 23.8. The van der Waals surface area contributed by atoms with E-state index in [1.54, 1.807) is 0 Å². The first-order valence-corrected chi connectivity index (χ1v) is 7.05. The van der Waals surface area contributed by atoms with Crippen LogP contribution >= 0.6 is 0 Å². The fourth-order valence-corrected chi connectivity index (χ4v) is 2.39. The molecule has 1 amide bonds. The summed E-state index contributed by atoms with van der Waals surface area (Å²) in [6, 6.07) is 3.67. The van der Waals surface area contributed by atoms with Gasteiger partial charge >= 0.3 is 0 Å². The number of benzene rings is 1. The Bertz CT molecular complexity index is 889. The number of rotatable bonds is 2. The molecule has 0 aliphatic carbocycles. The number of carbonyl (C=O) groups is 1. The molecule has 7 nitrogen and oxygen atoms in total. The second-order valence-electron chi connectivity index (χ2n) is 4.93. The molecule has 2 heterocycles. The maximum Gasteiger partial charge on any atom is 0.261 e. The Morgan fingerprint density at radius 2 is 2.25 bits per heavy atom. The fraction of sp³-hybridized carbons (Fsp3) is 0.125. The standard InChI is InChI=1S/C16H12FN5O2/c1-18-11-2-3-12(23)14(15(24)22-16-20-6-7-21-16)13(11)9-8-19-5-4-10(9)17/h2-5,8,23H,6-7H2,(H2,20,21,22,24). The van der Waals surface area contributed by atoms with Crippen molar-refractivity contribution in [1.82, 2.24) is 15.6 Å². The number of aromatic nitrogens is 1. The van der Waals surface area contributed by atoms with Crippen molar-refractivity contribution in [2.24, 2.45) is 4.99 Å². The van der Waals surface area contributed by atoms with Crippen molar-refractivity contribution in [2.75, 3.05) is 13.1 Å². The molecule has 1 aliphatic heterocycles. The van der Waals surface area contributed by atoms with Gasteiger partial charge in [0.1, 0.15) is 11.6 Å². The highest BCUT2D eigenvalue weighted by molar-refractivity contribution is 6.12. The molecular weight excluding hydrogens is 313 g/mol. The zero-order valence-electron chi connectivity index (χ0n) is 12.4. The first kappa shape index (κ1) is 15.4. The number of aromatic hydroxyl groups is 1. The molecule has 0 bridgehead atoms. The number of hydrogen-bond donors (Lipinski definition) is 3. The van der Waals surface area contributed by atoms with Gasteiger partial charge in [-0.3, -0.25) is 20.1 Å². The molecule has 0 fully saturated rings. The van der Waals surface area contributed by atoms with E-state index in [1.165, 1.54) is 24.5 Å². The number of aliphatic imine (C=N–C) groups is 1. The predicted molar refractivity (Wildman–Crippen MR) is 85.3 cm³/mol. The summed E-state index contributed by atoms with van der Waals surface area (Å²) in [7, 11) is 0. The number of nitrogens with zero attached hydrogens (tertiary/aromatic N) is 3. The van der Waals surface area contributed by atoms with E-state index in [4.69, 9.17) is 6.57 Å². The Balaban J connectivity index is 2.16. The maximum absolute atomic E-state index is 14.2. The van der Waals surface area contributed by atoms with Gasteiger partial charge in [-0.2, -0.15) is 0 Å². The van der Waals surface area contributed by atoms with Gasteiger partial charge in [0.05, 0.1) is 18.7 Å². The minimum atomic E-state index is -0.690. The summed E-state index contributed by atoms with van der Waals surface area (Å²) in [5.74, 6) is -1.43. The third kappa shape index (κ3) is 2.75. The van der Waals surface area contributed by atoms with Gasteiger partial charge in [0, 0.05) is 30.1 Å². The SMILES string of the molecule is [C-]#[N+]c1ccc(O)c(C(=O)NC2=NCCN2)c1-c1cnccc1F. The van der Waals surface area contributed by atoms with Crippen molar-refractivity contribution in [1.29, 1.82) is 0 Å². The molecule has 1 aromatic carbocycles. The van der Waals surface area contributed by atoms with Gasteiger partial charge in [-0.1, -0.05) is 6.07 Å². The molecule has 3 rings (SSSR count). The van der Waals surface area contributed by atoms with Crippen LogP contribution in [0.5, 0.6) is 5.75 Å². The summed E-state index contributed by atoms with van der Waals surface area (Å²) in [6.45, 7) is 8.38. The Morgan fingerprint density at radius 3 is 2.92 bits per heavy atom. The molecule has 2 aromatic rings. The van der Waals surface area contributed by atoms with Gasteiger partial charge in [-0.25, -0.2) is 9.24 Å². The minimum absolute atomic E-state index is 0.00769. The fourth-order valence-electron chi connectivity index (χ4n) is 2.39. The van der Waals surface area contributed by atoms with Crippen LogP contribution in [0.2, 0.25) is 0 Å². The third-order valence-corrected chi connectivity index (χ3v) is 3.45. The molecule has 0 spiro atoms. The summed E-state index contributed by atoms with van der Waals surface area (Å²) in [6.07, 6.45) is 2.47. The van der Waals surface area contributed by atoms with Crippen LogP contribution in [0.25, 0.3) is 16.0 Å². The van der Waals surface area contributed by atoms with Crippen molar-refractivity contribution >= 4 is 17.6 Å². The molecule has 1 aliphatic rings. The number of phenols is 1. The summed E-state index contributed by atoms with van der Waals surface area (Å²) < 4.78 is 14.2. The third-order valence-electron chi connectivity index (χ3n) is 3.45. The number of phenolic OH excluding ortho intramolecular Hbond substituents is 1. The van der Waals surface area contributed by atoms with Crippen LogP contribution in [-0.2, 0) is 0 Å². The van der Waals surface area contributed by atoms with Gasteiger partial charge in [0.15, 0.2) is 11.6 Å². The largest absolute Gasteiger partial charge is 0.507 e. The van der Waals surface area contributed by atoms with Crippen molar-refractivity contribution in [3.8, 4) is 16.9 Å². The predicted octanol–water partition coefficient (Wildman–Crippen LogP) is 1.83. The van der Waals surface area contributed by atoms with Crippen LogP contribution in [-0.4, -0.2) is 35.0 Å². The van der Waals surface area contributed by atoms with Crippen molar-refractivity contribution in [3.63, 3.8) is 0 Å². The van der Waals surface area contributed by atoms with Crippen molar-refractivity contribution in [2.45, 2.75) is 0 Å². The molecule has 3 N–H and O–H groups in total. The average molecular weight is 325 g/mol. The number of carbonyl (C=O) groups excluding carboxylic acids is 1. The average Bonchev–Trinajstić information content (AvgIpc) is 3.08. The van der Waals surface area contributed by atoms with E-state index in [0.717, 1.165) is 6.07 Å². The van der Waals surface area contributed by atoms with E-state index < -0.39 is 11.7 Å². The van der Waals surface area contributed by atoms with E-state index >= 15 is 0 Å². The Kier molecular flexibility index (Phi) is 4.07. The first-order valence-electron chi connectivity index (χ1n) is 7.05. The lowest BCUT2D eigenvalue weighted by atomic mass is 9.97. The lowest BCUT2D eigenvalue weighted by Crippen LogP contribution is -2.38. The zero-order chi connectivity index (χ0) is 17.1. The number of nitrogens with one attached hydrogen (secondary N) is 2. The quantitative estimate of drug-likeness (QED) is 0.735. The lowest BCUT2D eigenvalue weighted by Gasteiger charge is -2.14. The Labute approximate surface area is 136 Å². The number of hydrogen-bond acceptors (Lipinski definition) is 5. The van der Waals surface area contributed by atoms with Crippen LogP contribution in [0.4, 0.5) is 10.1 Å². The monoisotopic (exact) mass is 325 g/mol. The highest BCUT2D eigenvalue weighted by Gasteiger charge is 2.24. The smallest absolute Gasteiger partial charge is 0.261 e. The van der Waals surface area contributed by atoms with E-state index in [2.05, 4.69) is 25.5 Å². The molecule has 24 heavy (non-hydrogen) atoms. The van der Waals surface area contributed by atoms with Gasteiger partial charge in [-0.15, -0.1) is 0 Å². The zero-order valence-corrected chi connectivity index (χ0v) is 12.4. The second-order valence-corrected chi connectivity index (χ2v) is 4.93. The highest BCUT2D eigenvalue weighted by Crippen LogP contribution is 2.39. The van der Waals surface area contributed by atoms with E-state index in [1.807, 2.05) is 0 Å². The number of halogens is 1. The van der Waals surface area contributed by atoms with Crippen LogP contribution in [0.15, 0.2) is 35.6 Å². The first-order chi connectivity index (χ1) is 11.6. The van der Waals surface area contributed by atoms with Crippen molar-refractivity contribution < 1.29 is 14.3 Å². The second kappa shape index (κ2) is 6.34. The van der Waals surface area contributed by atoms with Crippen LogP contribution in [0.1, 0.15) is 10.4 Å². The normalized spacial score (nSPS) is 12.9. The van der Waals surface area contributed by atoms with Crippen LogP contribution in [0.3, 0.4) is 0 Å². The maximum atomic E-state index is 14.2. The van der Waals surface area contributed by atoms with E-state index in [9.17, 15) is 14.3 Å². The molecule has 1 aromatic heterocycles. The molecule has 0 radical (unpaired) electrons. The summed E-state index contributed by atoms with van der Waals surface area (Å²) >= 11 is 0. The molecular formula is C16H12FN5O2. The molecule has 120 valence electrons. The Morgan fingerprint density at radius 1 is 1.42 bits per heavy atom. The lowest BCUT2D eigenvalue weighted by molar-refractivity contribution is 0.0974.